The minimum Gasteiger partial charge on any atom is -0.371 e. The molecule has 0 unspecified atom stereocenters. The first-order chi connectivity index (χ1) is 7.74. The second-order valence-corrected chi connectivity index (χ2v) is 4.88. The van der Waals surface area contributed by atoms with Gasteiger partial charge < -0.3 is 10.6 Å². The van der Waals surface area contributed by atoms with Crippen LogP contribution in [0.3, 0.4) is 0 Å². The molecule has 1 aliphatic rings. The van der Waals surface area contributed by atoms with Crippen LogP contribution < -0.4 is 10.6 Å². The molecule has 0 aromatic heterocycles. The van der Waals surface area contributed by atoms with Gasteiger partial charge >= 0.3 is 0 Å². The number of nitrogens with zero attached hydrogens (tertiary/aromatic N) is 1. The van der Waals surface area contributed by atoms with E-state index in [4.69, 9.17) is 5.73 Å². The largest absolute Gasteiger partial charge is 0.371 e. The van der Waals surface area contributed by atoms with Crippen molar-refractivity contribution in [3.05, 3.63) is 29.3 Å². The number of hydrogen-bond donors (Lipinski definition) is 1. The fourth-order valence-corrected chi connectivity index (χ4v) is 2.48. The smallest absolute Gasteiger partial charge is 0.0399 e. The summed E-state index contributed by atoms with van der Waals surface area (Å²) in [6.07, 6.45) is 2.67. The van der Waals surface area contributed by atoms with Gasteiger partial charge in [0.2, 0.25) is 0 Å². The van der Waals surface area contributed by atoms with E-state index in [1.165, 1.54) is 42.7 Å². The molecule has 0 atom stereocenters. The van der Waals surface area contributed by atoms with E-state index in [2.05, 4.69) is 36.9 Å². The van der Waals surface area contributed by atoms with Crippen LogP contribution in [0.4, 0.5) is 5.69 Å². The Bertz CT molecular complexity index is 354. The number of aryl methyl sites for hydroxylation is 1. The van der Waals surface area contributed by atoms with Gasteiger partial charge in [0.05, 0.1) is 0 Å². The van der Waals surface area contributed by atoms with Crippen molar-refractivity contribution < 1.29 is 0 Å². The quantitative estimate of drug-likeness (QED) is 0.842. The molecule has 1 aromatic rings. The summed E-state index contributed by atoms with van der Waals surface area (Å²) in [6, 6.07) is 6.56. The van der Waals surface area contributed by atoms with E-state index in [-0.39, 0.29) is 0 Å². The molecule has 16 heavy (non-hydrogen) atoms. The number of rotatable bonds is 4. The Kier molecular flexibility index (Phi) is 3.49. The van der Waals surface area contributed by atoms with E-state index in [0.29, 0.717) is 6.54 Å². The van der Waals surface area contributed by atoms with Crippen LogP contribution in [0.15, 0.2) is 18.2 Å². The molecular formula is C14H22N2. The zero-order valence-corrected chi connectivity index (χ0v) is 10.4. The van der Waals surface area contributed by atoms with Crippen molar-refractivity contribution in [2.45, 2.75) is 33.2 Å². The molecule has 88 valence electrons. The topological polar surface area (TPSA) is 29.3 Å². The highest BCUT2D eigenvalue weighted by molar-refractivity contribution is 5.56. The van der Waals surface area contributed by atoms with Crippen molar-refractivity contribution in [3.8, 4) is 0 Å². The summed E-state index contributed by atoms with van der Waals surface area (Å²) in [6.45, 7) is 7.54. The molecule has 2 heteroatoms. The van der Waals surface area contributed by atoms with Gasteiger partial charge in [-0.15, -0.1) is 0 Å². The lowest BCUT2D eigenvalue weighted by atomic mass is 9.93. The SMILES string of the molecule is CCCC1CN(c2cc(CN)ccc2C)C1. The Morgan fingerprint density at radius 3 is 2.75 bits per heavy atom. The first-order valence-corrected chi connectivity index (χ1v) is 6.29. The maximum absolute atomic E-state index is 5.68. The molecule has 2 nitrogen and oxygen atoms in total. The molecule has 1 aromatic carbocycles. The Labute approximate surface area is 98.4 Å². The van der Waals surface area contributed by atoms with Crippen LogP contribution in [0.25, 0.3) is 0 Å². The lowest BCUT2D eigenvalue weighted by molar-refractivity contribution is 0.380. The van der Waals surface area contributed by atoms with Gasteiger partial charge in [0.25, 0.3) is 0 Å². The first kappa shape index (κ1) is 11.5. The van der Waals surface area contributed by atoms with Gasteiger partial charge in [0.15, 0.2) is 0 Å². The van der Waals surface area contributed by atoms with Crippen molar-refractivity contribution in [2.75, 3.05) is 18.0 Å². The Hall–Kier alpha value is -1.02. The summed E-state index contributed by atoms with van der Waals surface area (Å²) in [7, 11) is 0. The maximum Gasteiger partial charge on any atom is 0.0399 e. The molecule has 1 heterocycles. The third kappa shape index (κ3) is 2.22. The van der Waals surface area contributed by atoms with Crippen LogP contribution in [0.1, 0.15) is 30.9 Å². The van der Waals surface area contributed by atoms with Gasteiger partial charge in [-0.05, 0) is 36.5 Å². The predicted octanol–water partition coefficient (Wildman–Crippen LogP) is 2.69. The molecule has 1 saturated heterocycles. The lowest BCUT2D eigenvalue weighted by Gasteiger charge is -2.42. The molecule has 0 aliphatic carbocycles. The van der Waals surface area contributed by atoms with E-state index in [0.717, 1.165) is 5.92 Å². The van der Waals surface area contributed by atoms with Crippen LogP contribution in [-0.4, -0.2) is 13.1 Å². The van der Waals surface area contributed by atoms with Crippen LogP contribution in [0, 0.1) is 12.8 Å². The van der Waals surface area contributed by atoms with Crippen LogP contribution in [0.5, 0.6) is 0 Å². The molecule has 2 N–H and O–H groups in total. The minimum atomic E-state index is 0.638. The van der Waals surface area contributed by atoms with E-state index < -0.39 is 0 Å². The molecule has 1 fully saturated rings. The van der Waals surface area contributed by atoms with E-state index in [1.807, 2.05) is 0 Å². The molecule has 0 saturated carbocycles. The normalized spacial score (nSPS) is 16.3. The van der Waals surface area contributed by atoms with Gasteiger partial charge in [0, 0.05) is 25.3 Å². The lowest BCUT2D eigenvalue weighted by Crippen LogP contribution is -2.47. The first-order valence-electron chi connectivity index (χ1n) is 6.29. The Morgan fingerprint density at radius 1 is 1.38 bits per heavy atom. The van der Waals surface area contributed by atoms with Crippen LogP contribution in [0.2, 0.25) is 0 Å². The van der Waals surface area contributed by atoms with Crippen molar-refractivity contribution in [2.24, 2.45) is 11.7 Å². The molecule has 1 aliphatic heterocycles. The molecule has 0 amide bonds. The highest BCUT2D eigenvalue weighted by atomic mass is 15.2. The minimum absolute atomic E-state index is 0.638. The van der Waals surface area contributed by atoms with Gasteiger partial charge in [-0.2, -0.15) is 0 Å². The maximum atomic E-state index is 5.68. The zero-order valence-electron chi connectivity index (χ0n) is 10.4. The second kappa shape index (κ2) is 4.88. The average molecular weight is 218 g/mol. The average Bonchev–Trinajstić information content (AvgIpc) is 2.24. The molecular weight excluding hydrogens is 196 g/mol. The Balaban J connectivity index is 2.05. The summed E-state index contributed by atoms with van der Waals surface area (Å²) in [5, 5.41) is 0. The fourth-order valence-electron chi connectivity index (χ4n) is 2.48. The van der Waals surface area contributed by atoms with Crippen LogP contribution in [-0.2, 0) is 6.54 Å². The third-order valence-electron chi connectivity index (χ3n) is 3.50. The number of hydrogen-bond acceptors (Lipinski definition) is 2. The highest BCUT2D eigenvalue weighted by Crippen LogP contribution is 2.30. The van der Waals surface area contributed by atoms with Gasteiger partial charge in [-0.3, -0.25) is 0 Å². The molecule has 0 bridgehead atoms. The number of anilines is 1. The summed E-state index contributed by atoms with van der Waals surface area (Å²) in [4.78, 5) is 2.48. The van der Waals surface area contributed by atoms with Crippen molar-refractivity contribution in [1.29, 1.82) is 0 Å². The van der Waals surface area contributed by atoms with Gasteiger partial charge in [-0.1, -0.05) is 25.5 Å². The fraction of sp³-hybridized carbons (Fsp3) is 0.571. The van der Waals surface area contributed by atoms with Crippen molar-refractivity contribution in [1.82, 2.24) is 0 Å². The summed E-state index contributed by atoms with van der Waals surface area (Å²) in [5.41, 5.74) is 9.67. The predicted molar refractivity (Wildman–Crippen MR) is 69.7 cm³/mol. The van der Waals surface area contributed by atoms with E-state index in [1.54, 1.807) is 0 Å². The summed E-state index contributed by atoms with van der Waals surface area (Å²) < 4.78 is 0. The molecule has 0 spiro atoms. The standard InChI is InChI=1S/C14H22N2/c1-3-4-13-9-16(10-13)14-7-12(8-15)6-5-11(14)2/h5-7,13H,3-4,8-10,15H2,1-2H3. The monoisotopic (exact) mass is 218 g/mol. The van der Waals surface area contributed by atoms with Crippen molar-refractivity contribution >= 4 is 5.69 Å². The number of benzene rings is 1. The third-order valence-corrected chi connectivity index (χ3v) is 3.50. The van der Waals surface area contributed by atoms with Crippen LogP contribution >= 0.6 is 0 Å². The van der Waals surface area contributed by atoms with Crippen molar-refractivity contribution in [3.63, 3.8) is 0 Å². The Morgan fingerprint density at radius 2 is 2.12 bits per heavy atom. The van der Waals surface area contributed by atoms with Gasteiger partial charge in [0.1, 0.15) is 0 Å². The molecule has 0 radical (unpaired) electrons. The highest BCUT2D eigenvalue weighted by Gasteiger charge is 2.26. The summed E-state index contributed by atoms with van der Waals surface area (Å²) in [5.74, 6) is 0.908. The van der Waals surface area contributed by atoms with E-state index >= 15 is 0 Å². The second-order valence-electron chi connectivity index (χ2n) is 4.88. The van der Waals surface area contributed by atoms with E-state index in [9.17, 15) is 0 Å². The van der Waals surface area contributed by atoms with Gasteiger partial charge in [-0.25, -0.2) is 0 Å². The number of nitrogens with two attached hydrogens (primary N) is 1. The summed E-state index contributed by atoms with van der Waals surface area (Å²) >= 11 is 0. The zero-order chi connectivity index (χ0) is 11.5. The molecule has 2 rings (SSSR count).